The zero-order valence-electron chi connectivity index (χ0n) is 16.2. The van der Waals surface area contributed by atoms with E-state index >= 15 is 0 Å². The van der Waals surface area contributed by atoms with Crippen molar-refractivity contribution in [2.24, 2.45) is 0 Å². The van der Waals surface area contributed by atoms with Gasteiger partial charge in [-0.1, -0.05) is 56.6 Å². The van der Waals surface area contributed by atoms with E-state index in [1.807, 2.05) is 36.4 Å². The van der Waals surface area contributed by atoms with E-state index in [0.29, 0.717) is 18.0 Å². The number of piperazine rings is 1. The van der Waals surface area contributed by atoms with Gasteiger partial charge in [-0.2, -0.15) is 4.31 Å². The van der Waals surface area contributed by atoms with Crippen molar-refractivity contribution in [2.45, 2.75) is 37.6 Å². The first kappa shape index (κ1) is 20.3. The van der Waals surface area contributed by atoms with Gasteiger partial charge in [-0.15, -0.1) is 0 Å². The molecule has 4 nitrogen and oxygen atoms in total. The number of sulfonamides is 1. The van der Waals surface area contributed by atoms with Crippen LogP contribution in [0.4, 0.5) is 0 Å². The molecule has 3 rings (SSSR count). The van der Waals surface area contributed by atoms with Crippen molar-refractivity contribution < 1.29 is 8.42 Å². The molecule has 0 atom stereocenters. The van der Waals surface area contributed by atoms with E-state index in [2.05, 4.69) is 25.7 Å². The molecule has 1 heterocycles. The third kappa shape index (κ3) is 4.91. The van der Waals surface area contributed by atoms with Crippen LogP contribution in [-0.4, -0.2) is 43.8 Å². The van der Waals surface area contributed by atoms with Gasteiger partial charge in [0.05, 0.1) is 4.90 Å². The van der Waals surface area contributed by atoms with E-state index in [9.17, 15) is 8.42 Å². The summed E-state index contributed by atoms with van der Waals surface area (Å²) in [6, 6.07) is 15.1. The summed E-state index contributed by atoms with van der Waals surface area (Å²) in [6.45, 7) is 9.65. The molecule has 1 fully saturated rings. The lowest BCUT2D eigenvalue weighted by Crippen LogP contribution is -2.48. The van der Waals surface area contributed by atoms with Gasteiger partial charge in [0.1, 0.15) is 0 Å². The molecular weight excluding hydrogens is 380 g/mol. The van der Waals surface area contributed by atoms with Crippen LogP contribution in [0.25, 0.3) is 0 Å². The van der Waals surface area contributed by atoms with Gasteiger partial charge in [0, 0.05) is 37.7 Å². The minimum atomic E-state index is -3.44. The lowest BCUT2D eigenvalue weighted by atomic mass is 9.87. The molecule has 0 amide bonds. The SMILES string of the molecule is CC(C)(C)c1ccc(S(=O)(=O)N2CCN(Cc3ccc(Cl)cc3)CC2)cc1. The monoisotopic (exact) mass is 406 g/mol. The van der Waals surface area contributed by atoms with Crippen molar-refractivity contribution in [1.29, 1.82) is 0 Å². The largest absolute Gasteiger partial charge is 0.296 e. The van der Waals surface area contributed by atoms with Crippen molar-refractivity contribution in [3.05, 3.63) is 64.7 Å². The number of hydrogen-bond donors (Lipinski definition) is 0. The Kier molecular flexibility index (Phi) is 5.96. The van der Waals surface area contributed by atoms with Crippen LogP contribution in [0.3, 0.4) is 0 Å². The Balaban J connectivity index is 1.63. The number of rotatable bonds is 4. The van der Waals surface area contributed by atoms with Gasteiger partial charge < -0.3 is 0 Å². The lowest BCUT2D eigenvalue weighted by molar-refractivity contribution is 0.181. The van der Waals surface area contributed by atoms with Gasteiger partial charge in [0.2, 0.25) is 10.0 Å². The standard InChI is InChI=1S/C21H27ClN2O2S/c1-21(2,3)18-6-10-20(11-7-18)27(25,26)24-14-12-23(13-15-24)16-17-4-8-19(22)9-5-17/h4-11H,12-16H2,1-3H3. The molecule has 2 aromatic rings. The van der Waals surface area contributed by atoms with Crippen molar-refractivity contribution >= 4 is 21.6 Å². The van der Waals surface area contributed by atoms with Crippen LogP contribution in [0, 0.1) is 0 Å². The van der Waals surface area contributed by atoms with Gasteiger partial charge >= 0.3 is 0 Å². The molecule has 0 bridgehead atoms. The van der Waals surface area contributed by atoms with E-state index in [-0.39, 0.29) is 5.41 Å². The molecular formula is C21H27ClN2O2S. The minimum Gasteiger partial charge on any atom is -0.296 e. The normalized spacial score (nSPS) is 17.2. The molecule has 0 aromatic heterocycles. The van der Waals surface area contributed by atoms with Crippen molar-refractivity contribution in [3.63, 3.8) is 0 Å². The Hall–Kier alpha value is -1.40. The molecule has 0 radical (unpaired) electrons. The third-order valence-electron chi connectivity index (χ3n) is 5.01. The van der Waals surface area contributed by atoms with Gasteiger partial charge in [0.25, 0.3) is 0 Å². The Morgan fingerprint density at radius 3 is 1.96 bits per heavy atom. The fourth-order valence-corrected chi connectivity index (χ4v) is 4.80. The van der Waals surface area contributed by atoms with E-state index in [0.717, 1.165) is 30.2 Å². The highest BCUT2D eigenvalue weighted by atomic mass is 35.5. The fraction of sp³-hybridized carbons (Fsp3) is 0.429. The molecule has 0 unspecified atom stereocenters. The van der Waals surface area contributed by atoms with Gasteiger partial charge in [-0.05, 0) is 40.8 Å². The number of nitrogens with zero attached hydrogens (tertiary/aromatic N) is 2. The number of benzene rings is 2. The Morgan fingerprint density at radius 1 is 0.889 bits per heavy atom. The molecule has 27 heavy (non-hydrogen) atoms. The molecule has 1 aliphatic heterocycles. The molecule has 0 aliphatic carbocycles. The predicted octanol–water partition coefficient (Wildman–Crippen LogP) is 4.14. The minimum absolute atomic E-state index is 0.00951. The average molecular weight is 407 g/mol. The Labute approximate surface area is 167 Å². The highest BCUT2D eigenvalue weighted by Crippen LogP contribution is 2.25. The van der Waals surface area contributed by atoms with E-state index in [1.54, 1.807) is 16.4 Å². The van der Waals surface area contributed by atoms with Crippen molar-refractivity contribution in [3.8, 4) is 0 Å². The molecule has 6 heteroatoms. The molecule has 1 aliphatic rings. The smallest absolute Gasteiger partial charge is 0.243 e. The summed E-state index contributed by atoms with van der Waals surface area (Å²) >= 11 is 5.93. The van der Waals surface area contributed by atoms with Crippen molar-refractivity contribution in [1.82, 2.24) is 9.21 Å². The summed E-state index contributed by atoms with van der Waals surface area (Å²) in [5.74, 6) is 0. The zero-order chi connectivity index (χ0) is 19.7. The lowest BCUT2D eigenvalue weighted by Gasteiger charge is -2.34. The first-order valence-corrected chi connectivity index (χ1v) is 11.1. The van der Waals surface area contributed by atoms with Crippen LogP contribution in [-0.2, 0) is 22.0 Å². The Bertz CT molecular complexity index is 864. The second kappa shape index (κ2) is 7.92. The van der Waals surface area contributed by atoms with Crippen molar-refractivity contribution in [2.75, 3.05) is 26.2 Å². The predicted molar refractivity (Wildman–Crippen MR) is 111 cm³/mol. The topological polar surface area (TPSA) is 40.6 Å². The van der Waals surface area contributed by atoms with Crippen LogP contribution in [0.15, 0.2) is 53.4 Å². The zero-order valence-corrected chi connectivity index (χ0v) is 17.7. The molecule has 0 N–H and O–H groups in total. The number of hydrogen-bond acceptors (Lipinski definition) is 3. The summed E-state index contributed by atoms with van der Waals surface area (Å²) in [5.41, 5.74) is 2.33. The maximum Gasteiger partial charge on any atom is 0.243 e. The third-order valence-corrected chi connectivity index (χ3v) is 7.17. The first-order valence-electron chi connectivity index (χ1n) is 9.24. The van der Waals surface area contributed by atoms with E-state index in [1.165, 1.54) is 5.56 Å². The van der Waals surface area contributed by atoms with Crippen LogP contribution >= 0.6 is 11.6 Å². The van der Waals surface area contributed by atoms with Crippen LogP contribution in [0.2, 0.25) is 5.02 Å². The maximum atomic E-state index is 12.9. The average Bonchev–Trinajstić information content (AvgIpc) is 2.63. The molecule has 1 saturated heterocycles. The van der Waals surface area contributed by atoms with Gasteiger partial charge in [-0.3, -0.25) is 4.90 Å². The Morgan fingerprint density at radius 2 is 1.44 bits per heavy atom. The highest BCUT2D eigenvalue weighted by molar-refractivity contribution is 7.89. The molecule has 0 saturated carbocycles. The molecule has 0 spiro atoms. The summed E-state index contributed by atoms with van der Waals surface area (Å²) in [5, 5.41) is 0.729. The second-order valence-electron chi connectivity index (χ2n) is 8.08. The molecule has 146 valence electrons. The number of halogens is 1. The first-order chi connectivity index (χ1) is 12.7. The van der Waals surface area contributed by atoms with Crippen LogP contribution in [0.5, 0.6) is 0 Å². The quantitative estimate of drug-likeness (QED) is 0.765. The fourth-order valence-electron chi connectivity index (χ4n) is 3.25. The molecule has 2 aromatic carbocycles. The van der Waals surface area contributed by atoms with Gasteiger partial charge in [-0.25, -0.2) is 8.42 Å². The highest BCUT2D eigenvalue weighted by Gasteiger charge is 2.28. The summed E-state index contributed by atoms with van der Waals surface area (Å²) in [4.78, 5) is 2.65. The van der Waals surface area contributed by atoms with E-state index < -0.39 is 10.0 Å². The summed E-state index contributed by atoms with van der Waals surface area (Å²) in [7, 11) is -3.44. The van der Waals surface area contributed by atoms with Crippen LogP contribution in [0.1, 0.15) is 31.9 Å². The summed E-state index contributed by atoms with van der Waals surface area (Å²) in [6.07, 6.45) is 0. The second-order valence-corrected chi connectivity index (χ2v) is 10.5. The van der Waals surface area contributed by atoms with Gasteiger partial charge in [0.15, 0.2) is 0 Å². The summed E-state index contributed by atoms with van der Waals surface area (Å²) < 4.78 is 27.5. The van der Waals surface area contributed by atoms with E-state index in [4.69, 9.17) is 11.6 Å². The van der Waals surface area contributed by atoms with Crippen LogP contribution < -0.4 is 0 Å². The maximum absolute atomic E-state index is 12.9.